The Morgan fingerprint density at radius 2 is 1.84 bits per heavy atom. The molecule has 38 heavy (non-hydrogen) atoms. The maximum absolute atomic E-state index is 13.3. The molecule has 1 heterocycles. The molecule has 1 aliphatic heterocycles. The van der Waals surface area contributed by atoms with Gasteiger partial charge in [0.15, 0.2) is 0 Å². The molecule has 1 aliphatic carbocycles. The third-order valence-corrected chi connectivity index (χ3v) is 8.54. The van der Waals surface area contributed by atoms with Crippen molar-refractivity contribution in [2.75, 3.05) is 19.3 Å². The average molecular weight is 558 g/mol. The van der Waals surface area contributed by atoms with E-state index in [2.05, 4.69) is 16.0 Å². The molecule has 0 bridgehead atoms. The standard InChI is InChI=1S/C22H31N5O10S/c1-21(18(35)26-20(37)27(2)19(21)36)22(7-3-4-11(28)8-22)38-10-13(16(32)24-9-15(30)31)25-14(29)6-5-12(23)17(33)34/h12-13H,3-10,23H2,1-2H3,(H,24,32)(H,25,29)(H,30,31)(H,33,34)(H,26,35,37)/t12-,13-,21?,22?/m0/s1. The first kappa shape index (κ1) is 30.7. The molecule has 2 unspecified atom stereocenters. The van der Waals surface area contributed by atoms with Gasteiger partial charge in [0, 0.05) is 36.8 Å². The Kier molecular flexibility index (Phi) is 9.97. The summed E-state index contributed by atoms with van der Waals surface area (Å²) in [5.41, 5.74) is 3.53. The number of nitrogens with two attached hydrogens (primary N) is 1. The summed E-state index contributed by atoms with van der Waals surface area (Å²) in [6.07, 6.45) is -0.0630. The molecule has 0 aromatic carbocycles. The molecule has 0 radical (unpaired) electrons. The SMILES string of the molecule is CN1C(=O)NC(=O)C(C)(C2(SC[C@H](NC(=O)CC[C@H](N)C(=O)O)C(=O)NCC(=O)O)CCCC(=O)C2)C1=O. The van der Waals surface area contributed by atoms with Crippen molar-refractivity contribution in [2.24, 2.45) is 11.1 Å². The number of barbiturate groups is 1. The van der Waals surface area contributed by atoms with Crippen molar-refractivity contribution in [3.63, 3.8) is 0 Å². The summed E-state index contributed by atoms with van der Waals surface area (Å²) in [6.45, 7) is 0.569. The molecule has 6 amide bonds. The largest absolute Gasteiger partial charge is 0.480 e. The van der Waals surface area contributed by atoms with Crippen LogP contribution in [0.1, 0.15) is 45.4 Å². The van der Waals surface area contributed by atoms with Gasteiger partial charge in [0.2, 0.25) is 23.6 Å². The number of ketones is 1. The fourth-order valence-corrected chi connectivity index (χ4v) is 6.12. The highest BCUT2D eigenvalue weighted by molar-refractivity contribution is 8.00. The Morgan fingerprint density at radius 3 is 2.42 bits per heavy atom. The van der Waals surface area contributed by atoms with Crippen molar-refractivity contribution in [1.29, 1.82) is 0 Å². The molecule has 210 valence electrons. The molecular weight excluding hydrogens is 526 g/mol. The number of aliphatic carboxylic acids is 2. The highest BCUT2D eigenvalue weighted by Crippen LogP contribution is 2.53. The first-order valence-corrected chi connectivity index (χ1v) is 12.7. The highest BCUT2D eigenvalue weighted by Gasteiger charge is 2.63. The monoisotopic (exact) mass is 557 g/mol. The van der Waals surface area contributed by atoms with Crippen molar-refractivity contribution >= 4 is 59.1 Å². The van der Waals surface area contributed by atoms with Crippen LogP contribution in [0.25, 0.3) is 0 Å². The van der Waals surface area contributed by atoms with E-state index in [0.29, 0.717) is 6.42 Å². The van der Waals surface area contributed by atoms with Gasteiger partial charge in [-0.3, -0.25) is 43.8 Å². The number of imide groups is 2. The van der Waals surface area contributed by atoms with Gasteiger partial charge >= 0.3 is 18.0 Å². The zero-order valence-corrected chi connectivity index (χ0v) is 21.7. The topological polar surface area (TPSA) is 242 Å². The summed E-state index contributed by atoms with van der Waals surface area (Å²) in [4.78, 5) is 98.7. The van der Waals surface area contributed by atoms with Gasteiger partial charge in [-0.05, 0) is 26.2 Å². The van der Waals surface area contributed by atoms with Crippen LogP contribution in [0.4, 0.5) is 4.79 Å². The lowest BCUT2D eigenvalue weighted by Gasteiger charge is -2.50. The lowest BCUT2D eigenvalue weighted by Crippen LogP contribution is -2.69. The molecule has 15 nitrogen and oxygen atoms in total. The molecule has 2 aliphatic rings. The van der Waals surface area contributed by atoms with Crippen molar-refractivity contribution in [2.45, 2.75) is 62.3 Å². The number of rotatable bonds is 12. The Morgan fingerprint density at radius 1 is 1.18 bits per heavy atom. The van der Waals surface area contributed by atoms with Gasteiger partial charge in [-0.2, -0.15) is 11.8 Å². The Hall–Kier alpha value is -3.53. The predicted molar refractivity (Wildman–Crippen MR) is 131 cm³/mol. The van der Waals surface area contributed by atoms with Crippen molar-refractivity contribution in [3.8, 4) is 0 Å². The van der Waals surface area contributed by atoms with E-state index in [4.69, 9.17) is 15.9 Å². The van der Waals surface area contributed by atoms with Crippen LogP contribution in [-0.4, -0.2) is 98.7 Å². The minimum Gasteiger partial charge on any atom is -0.480 e. The minimum absolute atomic E-state index is 0.200. The summed E-state index contributed by atoms with van der Waals surface area (Å²) in [5, 5.41) is 24.5. The normalized spacial score (nSPS) is 25.3. The zero-order chi connectivity index (χ0) is 28.8. The Balaban J connectivity index is 2.34. The van der Waals surface area contributed by atoms with Crippen LogP contribution in [-0.2, 0) is 33.6 Å². The number of thioether (sulfide) groups is 1. The third kappa shape index (κ3) is 6.66. The van der Waals surface area contributed by atoms with E-state index >= 15 is 0 Å². The van der Waals surface area contributed by atoms with Gasteiger partial charge in [-0.25, -0.2) is 4.79 Å². The van der Waals surface area contributed by atoms with Gasteiger partial charge in [0.05, 0.1) is 0 Å². The number of hydrogen-bond donors (Lipinski definition) is 6. The maximum atomic E-state index is 13.3. The minimum atomic E-state index is -1.88. The van der Waals surface area contributed by atoms with Crippen LogP contribution in [0.3, 0.4) is 0 Å². The molecule has 1 saturated heterocycles. The molecule has 1 saturated carbocycles. The molecule has 4 atom stereocenters. The fraction of sp³-hybridized carbons (Fsp3) is 0.636. The number of carboxylic acids is 2. The second kappa shape index (κ2) is 12.3. The number of carbonyl (C=O) groups is 8. The van der Waals surface area contributed by atoms with Gasteiger partial charge in [0.1, 0.15) is 29.8 Å². The summed E-state index contributed by atoms with van der Waals surface area (Å²) >= 11 is 0.924. The maximum Gasteiger partial charge on any atom is 0.330 e. The summed E-state index contributed by atoms with van der Waals surface area (Å²) in [5.74, 6) is -6.52. The smallest absolute Gasteiger partial charge is 0.330 e. The molecule has 16 heteroatoms. The number of hydrogen-bond acceptors (Lipinski definition) is 10. The second-order valence-corrected chi connectivity index (χ2v) is 10.7. The van der Waals surface area contributed by atoms with E-state index in [9.17, 15) is 38.4 Å². The zero-order valence-electron chi connectivity index (χ0n) is 20.9. The van der Waals surface area contributed by atoms with E-state index in [0.717, 1.165) is 16.7 Å². The van der Waals surface area contributed by atoms with Crippen LogP contribution in [0.5, 0.6) is 0 Å². The number of nitrogens with one attached hydrogen (secondary N) is 3. The van der Waals surface area contributed by atoms with E-state index < -0.39 is 70.4 Å². The van der Waals surface area contributed by atoms with Crippen LogP contribution in [0.15, 0.2) is 0 Å². The number of carbonyl (C=O) groups excluding carboxylic acids is 6. The number of nitrogens with zero attached hydrogens (tertiary/aromatic N) is 1. The van der Waals surface area contributed by atoms with Crippen LogP contribution < -0.4 is 21.7 Å². The van der Waals surface area contributed by atoms with Crippen LogP contribution in [0, 0.1) is 5.41 Å². The van der Waals surface area contributed by atoms with E-state index in [1.807, 2.05) is 0 Å². The Bertz CT molecular complexity index is 1050. The number of carboxylic acid groups (broad SMARTS) is 2. The van der Waals surface area contributed by atoms with Gasteiger partial charge in [-0.1, -0.05) is 0 Å². The molecule has 2 fully saturated rings. The highest BCUT2D eigenvalue weighted by atomic mass is 32.2. The molecular formula is C22H31N5O10S. The quantitative estimate of drug-likeness (QED) is 0.146. The summed E-state index contributed by atoms with van der Waals surface area (Å²) in [7, 11) is 1.19. The molecule has 0 spiro atoms. The molecule has 0 aromatic heterocycles. The first-order valence-electron chi connectivity index (χ1n) is 11.7. The van der Waals surface area contributed by atoms with Gasteiger partial charge < -0.3 is 26.6 Å². The molecule has 7 N–H and O–H groups in total. The van der Waals surface area contributed by atoms with E-state index in [-0.39, 0.29) is 43.6 Å². The molecule has 2 rings (SSSR count). The van der Waals surface area contributed by atoms with Crippen molar-refractivity contribution in [1.82, 2.24) is 20.9 Å². The van der Waals surface area contributed by atoms with Gasteiger partial charge in [0.25, 0.3) is 0 Å². The lowest BCUT2D eigenvalue weighted by atomic mass is 9.66. The summed E-state index contributed by atoms with van der Waals surface area (Å²) < 4.78 is -1.39. The first-order chi connectivity index (χ1) is 17.6. The number of Topliss-reactive ketones (excluding diaryl/α,β-unsaturated/α-hetero) is 1. The number of amides is 6. The van der Waals surface area contributed by atoms with Crippen molar-refractivity contribution < 1.29 is 48.6 Å². The van der Waals surface area contributed by atoms with Crippen molar-refractivity contribution in [3.05, 3.63) is 0 Å². The van der Waals surface area contributed by atoms with E-state index in [1.54, 1.807) is 0 Å². The van der Waals surface area contributed by atoms with E-state index in [1.165, 1.54) is 14.0 Å². The number of urea groups is 1. The molecule has 0 aromatic rings. The lowest BCUT2D eigenvalue weighted by molar-refractivity contribution is -0.153. The van der Waals surface area contributed by atoms with Gasteiger partial charge in [-0.15, -0.1) is 0 Å². The fourth-order valence-electron chi connectivity index (χ4n) is 4.38. The third-order valence-electron chi connectivity index (χ3n) is 6.73. The second-order valence-electron chi connectivity index (χ2n) is 9.34. The summed E-state index contributed by atoms with van der Waals surface area (Å²) in [6, 6.07) is -3.61. The predicted octanol–water partition coefficient (Wildman–Crippen LogP) is -1.81. The average Bonchev–Trinajstić information content (AvgIpc) is 2.85. The van der Waals surface area contributed by atoms with Crippen LogP contribution >= 0.6 is 11.8 Å². The Labute approximate surface area is 221 Å². The van der Waals surface area contributed by atoms with Crippen LogP contribution in [0.2, 0.25) is 0 Å².